The van der Waals surface area contributed by atoms with Crippen molar-refractivity contribution in [2.75, 3.05) is 37.3 Å². The topological polar surface area (TPSA) is 115 Å². The van der Waals surface area contributed by atoms with Crippen molar-refractivity contribution in [1.29, 1.82) is 0 Å². The predicted molar refractivity (Wildman–Crippen MR) is 128 cm³/mol. The number of rotatable bonds is 9. The van der Waals surface area contributed by atoms with Crippen molar-refractivity contribution >= 4 is 34.8 Å². The monoisotopic (exact) mass is 463 g/mol. The Kier molecular flexibility index (Phi) is 8.07. The molecule has 3 amide bonds. The summed E-state index contributed by atoms with van der Waals surface area (Å²) in [4.78, 5) is 39.6. The van der Waals surface area contributed by atoms with Crippen molar-refractivity contribution in [3.05, 3.63) is 72.8 Å². The summed E-state index contributed by atoms with van der Waals surface area (Å²) in [7, 11) is 4.35. The van der Waals surface area contributed by atoms with Gasteiger partial charge in [0.25, 0.3) is 0 Å². The summed E-state index contributed by atoms with van der Waals surface area (Å²) in [6.07, 6.45) is 0. The summed E-state index contributed by atoms with van der Waals surface area (Å²) in [6, 6.07) is 20.0. The van der Waals surface area contributed by atoms with E-state index < -0.39 is 23.6 Å². The number of carbonyl (C=O) groups excluding carboxylic acids is 3. The number of para-hydroxylation sites is 6. The number of carbonyl (C=O) groups is 3. The highest BCUT2D eigenvalue weighted by molar-refractivity contribution is 6.26. The van der Waals surface area contributed by atoms with Crippen LogP contribution in [0.1, 0.15) is 0 Å². The lowest BCUT2D eigenvalue weighted by atomic mass is 10.1. The van der Waals surface area contributed by atoms with Gasteiger partial charge in [0, 0.05) is 0 Å². The van der Waals surface area contributed by atoms with E-state index in [1.165, 1.54) is 21.3 Å². The van der Waals surface area contributed by atoms with E-state index in [0.29, 0.717) is 34.3 Å². The first-order chi connectivity index (χ1) is 16.5. The van der Waals surface area contributed by atoms with E-state index in [0.717, 1.165) is 0 Å². The number of methoxy groups -OCH3 is 3. The van der Waals surface area contributed by atoms with Crippen LogP contribution in [0.15, 0.2) is 72.8 Å². The highest BCUT2D eigenvalue weighted by atomic mass is 16.5. The van der Waals surface area contributed by atoms with Gasteiger partial charge in [-0.25, -0.2) is 0 Å². The Hall–Kier alpha value is -4.53. The van der Waals surface area contributed by atoms with Crippen LogP contribution in [0.5, 0.6) is 17.2 Å². The van der Waals surface area contributed by atoms with E-state index in [4.69, 9.17) is 14.2 Å². The van der Waals surface area contributed by atoms with Crippen molar-refractivity contribution in [1.82, 2.24) is 0 Å². The van der Waals surface area contributed by atoms with Gasteiger partial charge in [0.1, 0.15) is 17.2 Å². The second-order valence-corrected chi connectivity index (χ2v) is 7.00. The molecular formula is C25H25N3O6. The summed E-state index contributed by atoms with van der Waals surface area (Å²) in [5.41, 5.74) is 0.945. The van der Waals surface area contributed by atoms with Gasteiger partial charge in [-0.1, -0.05) is 36.4 Å². The predicted octanol–water partition coefficient (Wildman–Crippen LogP) is 3.54. The van der Waals surface area contributed by atoms with Crippen LogP contribution in [0.25, 0.3) is 0 Å². The molecule has 0 spiro atoms. The zero-order valence-electron chi connectivity index (χ0n) is 19.0. The molecular weight excluding hydrogens is 438 g/mol. The number of hydrogen-bond donors (Lipinski definition) is 3. The van der Waals surface area contributed by atoms with Gasteiger partial charge in [0.15, 0.2) is 5.92 Å². The summed E-state index contributed by atoms with van der Waals surface area (Å²) in [6.45, 7) is 0. The average Bonchev–Trinajstić information content (AvgIpc) is 2.85. The van der Waals surface area contributed by atoms with Gasteiger partial charge in [-0.3, -0.25) is 14.4 Å². The van der Waals surface area contributed by atoms with E-state index in [9.17, 15) is 14.4 Å². The van der Waals surface area contributed by atoms with E-state index in [1.54, 1.807) is 72.8 Å². The van der Waals surface area contributed by atoms with Gasteiger partial charge >= 0.3 is 0 Å². The van der Waals surface area contributed by atoms with Crippen LogP contribution >= 0.6 is 0 Å². The second-order valence-electron chi connectivity index (χ2n) is 7.00. The average molecular weight is 463 g/mol. The maximum Gasteiger partial charge on any atom is 0.246 e. The molecule has 3 rings (SSSR count). The van der Waals surface area contributed by atoms with E-state index in [2.05, 4.69) is 16.0 Å². The Labute approximate surface area is 197 Å². The first kappa shape index (κ1) is 24.1. The molecule has 3 aromatic carbocycles. The van der Waals surface area contributed by atoms with Crippen LogP contribution in [-0.2, 0) is 14.4 Å². The Morgan fingerprint density at radius 3 is 1.06 bits per heavy atom. The van der Waals surface area contributed by atoms with Crippen LogP contribution in [0.2, 0.25) is 0 Å². The number of benzene rings is 3. The standard InChI is InChI=1S/C25H25N3O6/c1-32-19-13-7-4-10-16(19)26-23(29)22(24(30)27-17-11-5-8-14-20(17)33-2)25(31)28-18-12-6-9-15-21(18)34-3/h4-15,22H,1-3H3,(H,26,29)(H,27,30)(H,28,31). The Bertz CT molecular complexity index is 1030. The number of hydrogen-bond acceptors (Lipinski definition) is 6. The fraction of sp³-hybridized carbons (Fsp3) is 0.160. The summed E-state index contributed by atoms with van der Waals surface area (Å²) >= 11 is 0. The summed E-state index contributed by atoms with van der Waals surface area (Å²) in [5, 5.41) is 7.81. The molecule has 9 nitrogen and oxygen atoms in total. The van der Waals surface area contributed by atoms with Crippen LogP contribution < -0.4 is 30.2 Å². The lowest BCUT2D eigenvalue weighted by molar-refractivity contribution is -0.136. The van der Waals surface area contributed by atoms with E-state index in [-0.39, 0.29) is 0 Å². The molecule has 9 heteroatoms. The molecule has 0 radical (unpaired) electrons. The first-order valence-corrected chi connectivity index (χ1v) is 10.3. The molecule has 0 unspecified atom stereocenters. The third kappa shape index (κ3) is 5.63. The second kappa shape index (κ2) is 11.4. The number of ether oxygens (including phenoxy) is 3. The lowest BCUT2D eigenvalue weighted by Crippen LogP contribution is -2.42. The Balaban J connectivity index is 1.92. The molecule has 0 atom stereocenters. The molecule has 34 heavy (non-hydrogen) atoms. The molecule has 0 saturated carbocycles. The van der Waals surface area contributed by atoms with E-state index >= 15 is 0 Å². The van der Waals surface area contributed by atoms with Crippen LogP contribution in [0, 0.1) is 5.92 Å². The third-order valence-electron chi connectivity index (χ3n) is 4.88. The molecule has 0 aliphatic rings. The molecule has 0 aromatic heterocycles. The maximum absolute atomic E-state index is 13.2. The quantitative estimate of drug-likeness (QED) is 0.418. The van der Waals surface area contributed by atoms with Gasteiger partial charge < -0.3 is 30.2 Å². The molecule has 0 bridgehead atoms. The number of anilines is 3. The highest BCUT2D eigenvalue weighted by Gasteiger charge is 2.35. The summed E-state index contributed by atoms with van der Waals surface area (Å²) < 4.78 is 15.7. The van der Waals surface area contributed by atoms with Crippen molar-refractivity contribution in [2.24, 2.45) is 5.92 Å². The SMILES string of the molecule is COc1ccccc1NC(=O)C(C(=O)Nc1ccccc1OC)C(=O)Nc1ccccc1OC. The zero-order chi connectivity index (χ0) is 24.5. The van der Waals surface area contributed by atoms with Crippen LogP contribution in [0.4, 0.5) is 17.1 Å². The normalized spacial score (nSPS) is 10.2. The van der Waals surface area contributed by atoms with Crippen molar-refractivity contribution in [3.8, 4) is 17.2 Å². The molecule has 3 aromatic rings. The summed E-state index contributed by atoms with van der Waals surface area (Å²) in [5.74, 6) is -3.14. The van der Waals surface area contributed by atoms with Crippen molar-refractivity contribution < 1.29 is 28.6 Å². The van der Waals surface area contributed by atoms with Gasteiger partial charge in [0.05, 0.1) is 38.4 Å². The van der Waals surface area contributed by atoms with Crippen molar-refractivity contribution in [2.45, 2.75) is 0 Å². The van der Waals surface area contributed by atoms with Crippen LogP contribution in [0.3, 0.4) is 0 Å². The zero-order valence-corrected chi connectivity index (χ0v) is 19.0. The molecule has 0 aliphatic heterocycles. The molecule has 0 heterocycles. The fourth-order valence-corrected chi connectivity index (χ4v) is 3.22. The Morgan fingerprint density at radius 2 is 0.794 bits per heavy atom. The maximum atomic E-state index is 13.2. The smallest absolute Gasteiger partial charge is 0.246 e. The molecule has 176 valence electrons. The number of amides is 3. The highest BCUT2D eigenvalue weighted by Crippen LogP contribution is 2.27. The first-order valence-electron chi connectivity index (χ1n) is 10.3. The van der Waals surface area contributed by atoms with Gasteiger partial charge in [0.2, 0.25) is 17.7 Å². The minimum Gasteiger partial charge on any atom is -0.495 e. The van der Waals surface area contributed by atoms with Crippen LogP contribution in [-0.4, -0.2) is 39.1 Å². The Morgan fingerprint density at radius 1 is 0.529 bits per heavy atom. The third-order valence-corrected chi connectivity index (χ3v) is 4.88. The van der Waals surface area contributed by atoms with E-state index in [1.807, 2.05) is 0 Å². The fourth-order valence-electron chi connectivity index (χ4n) is 3.22. The minimum absolute atomic E-state index is 0.315. The van der Waals surface area contributed by atoms with Crippen molar-refractivity contribution in [3.63, 3.8) is 0 Å². The van der Waals surface area contributed by atoms with Gasteiger partial charge in [-0.15, -0.1) is 0 Å². The largest absolute Gasteiger partial charge is 0.495 e. The lowest BCUT2D eigenvalue weighted by Gasteiger charge is -2.19. The molecule has 0 aliphatic carbocycles. The van der Waals surface area contributed by atoms with Gasteiger partial charge in [-0.05, 0) is 36.4 Å². The molecule has 0 fully saturated rings. The van der Waals surface area contributed by atoms with Gasteiger partial charge in [-0.2, -0.15) is 0 Å². The molecule has 0 saturated heterocycles. The molecule has 3 N–H and O–H groups in total. The number of nitrogens with one attached hydrogen (secondary N) is 3. The minimum atomic E-state index is -1.75.